The van der Waals surface area contributed by atoms with Gasteiger partial charge in [0.1, 0.15) is 0 Å². The molecular weight excluding hydrogens is 286 g/mol. The molecule has 120 valence electrons. The topological polar surface area (TPSA) is 116 Å². The number of aromatic nitrogens is 4. The van der Waals surface area contributed by atoms with Crippen LogP contribution < -0.4 is 10.6 Å². The first-order valence-electron chi connectivity index (χ1n) is 7.20. The third-order valence-electron chi connectivity index (χ3n) is 3.39. The van der Waals surface area contributed by atoms with E-state index in [1.54, 1.807) is 0 Å². The monoisotopic (exact) mass is 307 g/mol. The van der Waals surface area contributed by atoms with E-state index in [1.165, 1.54) is 5.57 Å². The number of hydrogen-bond acceptors (Lipinski definition) is 6. The van der Waals surface area contributed by atoms with Crippen LogP contribution in [0.15, 0.2) is 11.6 Å². The average Bonchev–Trinajstić information content (AvgIpc) is 2.99. The molecule has 1 aliphatic heterocycles. The fourth-order valence-corrected chi connectivity index (χ4v) is 2.19. The number of H-pyrrole nitrogens is 1. The Balaban J connectivity index is 1.89. The number of nitrogens with one attached hydrogen (secondary N) is 3. The first kappa shape index (κ1) is 16.1. The quantitative estimate of drug-likeness (QED) is 0.579. The fourth-order valence-electron chi connectivity index (χ4n) is 2.19. The second-order valence-corrected chi connectivity index (χ2v) is 5.39. The van der Waals surface area contributed by atoms with Gasteiger partial charge in [-0.05, 0) is 13.8 Å². The molecule has 2 heterocycles. The van der Waals surface area contributed by atoms with E-state index in [-0.39, 0.29) is 24.8 Å². The van der Waals surface area contributed by atoms with Crippen LogP contribution in [0.4, 0.5) is 0 Å². The minimum absolute atomic E-state index is 0.108. The number of hydrogen-bond donors (Lipinski definition) is 3. The summed E-state index contributed by atoms with van der Waals surface area (Å²) in [5.74, 6) is 0.0833. The summed E-state index contributed by atoms with van der Waals surface area (Å²) in [4.78, 5) is 26.1. The lowest BCUT2D eigenvalue weighted by Gasteiger charge is -2.34. The van der Waals surface area contributed by atoms with E-state index in [2.05, 4.69) is 37.3 Å². The molecule has 1 atom stereocenters. The number of rotatable bonds is 6. The second kappa shape index (κ2) is 7.64. The molecule has 1 unspecified atom stereocenters. The van der Waals surface area contributed by atoms with Crippen molar-refractivity contribution in [3.63, 3.8) is 0 Å². The summed E-state index contributed by atoms with van der Waals surface area (Å²) in [6.45, 7) is 6.22. The molecule has 1 saturated heterocycles. The van der Waals surface area contributed by atoms with Gasteiger partial charge in [0.2, 0.25) is 11.8 Å². The van der Waals surface area contributed by atoms with Gasteiger partial charge in [-0.15, -0.1) is 10.2 Å². The van der Waals surface area contributed by atoms with E-state index in [0.29, 0.717) is 18.9 Å². The van der Waals surface area contributed by atoms with Crippen LogP contribution in [-0.4, -0.2) is 63.0 Å². The van der Waals surface area contributed by atoms with Crippen LogP contribution in [0.25, 0.3) is 0 Å². The van der Waals surface area contributed by atoms with Gasteiger partial charge in [-0.3, -0.25) is 14.5 Å². The molecule has 0 aromatic carbocycles. The highest BCUT2D eigenvalue weighted by Crippen LogP contribution is 2.09. The van der Waals surface area contributed by atoms with Crippen molar-refractivity contribution < 1.29 is 9.59 Å². The maximum absolute atomic E-state index is 12.0. The third-order valence-corrected chi connectivity index (χ3v) is 3.39. The number of allylic oxidation sites excluding steroid dienone is 1. The molecule has 2 amide bonds. The summed E-state index contributed by atoms with van der Waals surface area (Å²) in [5, 5.41) is 18.7. The van der Waals surface area contributed by atoms with Crippen molar-refractivity contribution in [1.82, 2.24) is 36.2 Å². The van der Waals surface area contributed by atoms with E-state index < -0.39 is 6.04 Å². The predicted octanol–water partition coefficient (Wildman–Crippen LogP) is -1.03. The zero-order valence-electron chi connectivity index (χ0n) is 12.8. The molecule has 1 fully saturated rings. The first-order chi connectivity index (χ1) is 10.6. The first-order valence-corrected chi connectivity index (χ1v) is 7.20. The van der Waals surface area contributed by atoms with Crippen LogP contribution >= 0.6 is 0 Å². The molecular formula is C13H21N7O2. The van der Waals surface area contributed by atoms with Crippen molar-refractivity contribution in [2.45, 2.75) is 32.9 Å². The lowest BCUT2D eigenvalue weighted by molar-refractivity contribution is -0.133. The molecule has 1 aromatic heterocycles. The Labute approximate surface area is 128 Å². The second-order valence-electron chi connectivity index (χ2n) is 5.39. The van der Waals surface area contributed by atoms with Crippen LogP contribution in [0, 0.1) is 0 Å². The van der Waals surface area contributed by atoms with Gasteiger partial charge in [0.15, 0.2) is 5.82 Å². The molecule has 9 heteroatoms. The van der Waals surface area contributed by atoms with Gasteiger partial charge >= 0.3 is 0 Å². The maximum Gasteiger partial charge on any atom is 0.237 e. The van der Waals surface area contributed by atoms with Crippen LogP contribution in [0.1, 0.15) is 26.1 Å². The number of carbonyl (C=O) groups excluding carboxylic acids is 2. The Bertz CT molecular complexity index is 537. The van der Waals surface area contributed by atoms with Crippen molar-refractivity contribution in [1.29, 1.82) is 0 Å². The molecule has 0 aliphatic carbocycles. The number of nitrogens with zero attached hydrogens (tertiary/aromatic N) is 4. The van der Waals surface area contributed by atoms with Gasteiger partial charge in [0.25, 0.3) is 0 Å². The zero-order valence-corrected chi connectivity index (χ0v) is 12.8. The van der Waals surface area contributed by atoms with Gasteiger partial charge in [-0.2, -0.15) is 5.21 Å². The number of tetrazole rings is 1. The maximum atomic E-state index is 12.0. The smallest absolute Gasteiger partial charge is 0.237 e. The zero-order chi connectivity index (χ0) is 15.9. The summed E-state index contributed by atoms with van der Waals surface area (Å²) >= 11 is 0. The molecule has 1 aromatic rings. The summed E-state index contributed by atoms with van der Waals surface area (Å²) < 4.78 is 0. The highest BCUT2D eigenvalue weighted by Gasteiger charge is 2.30. The molecule has 22 heavy (non-hydrogen) atoms. The lowest BCUT2D eigenvalue weighted by Crippen LogP contribution is -2.56. The number of amides is 2. The number of aromatic amines is 1. The normalized spacial score (nSPS) is 18.6. The third kappa shape index (κ3) is 4.62. The minimum Gasteiger partial charge on any atom is -0.353 e. The largest absolute Gasteiger partial charge is 0.353 e. The van der Waals surface area contributed by atoms with Gasteiger partial charge in [-0.25, -0.2) is 0 Å². The molecule has 0 radical (unpaired) electrons. The van der Waals surface area contributed by atoms with Gasteiger partial charge in [0, 0.05) is 19.6 Å². The standard InChI is InChI=1S/C13H21N7O2/c1-9(2)3-5-20-6-4-14-13(22)10(20)7-12(21)15-8-11-16-18-19-17-11/h3,10H,4-8H2,1-2H3,(H,14,22)(H,15,21)(H,16,17,18,19). The van der Waals surface area contributed by atoms with Gasteiger partial charge in [-0.1, -0.05) is 16.9 Å². The Morgan fingerprint density at radius 3 is 3.00 bits per heavy atom. The molecule has 0 saturated carbocycles. The lowest BCUT2D eigenvalue weighted by atomic mass is 10.1. The SMILES string of the molecule is CC(C)=CCN1CCNC(=O)C1CC(=O)NCc1nn[nH]n1. The Morgan fingerprint density at radius 1 is 1.50 bits per heavy atom. The summed E-state index contributed by atoms with van der Waals surface area (Å²) in [5.41, 5.74) is 1.19. The minimum atomic E-state index is -0.449. The molecule has 3 N–H and O–H groups in total. The number of piperazine rings is 1. The Hall–Kier alpha value is -2.29. The average molecular weight is 307 g/mol. The molecule has 9 nitrogen and oxygen atoms in total. The van der Waals surface area contributed by atoms with E-state index in [1.807, 2.05) is 18.7 Å². The highest BCUT2D eigenvalue weighted by molar-refractivity contribution is 5.88. The van der Waals surface area contributed by atoms with Crippen LogP contribution in [0.5, 0.6) is 0 Å². The van der Waals surface area contributed by atoms with Crippen molar-refractivity contribution >= 4 is 11.8 Å². The van der Waals surface area contributed by atoms with Gasteiger partial charge < -0.3 is 10.6 Å². The molecule has 0 spiro atoms. The van der Waals surface area contributed by atoms with E-state index in [0.717, 1.165) is 6.54 Å². The summed E-state index contributed by atoms with van der Waals surface area (Å²) in [6, 6.07) is -0.449. The van der Waals surface area contributed by atoms with Gasteiger partial charge in [0.05, 0.1) is 19.0 Å². The molecule has 1 aliphatic rings. The van der Waals surface area contributed by atoms with E-state index in [4.69, 9.17) is 0 Å². The predicted molar refractivity (Wildman–Crippen MR) is 78.4 cm³/mol. The van der Waals surface area contributed by atoms with Crippen molar-refractivity contribution in [3.05, 3.63) is 17.5 Å². The van der Waals surface area contributed by atoms with Crippen molar-refractivity contribution in [2.24, 2.45) is 0 Å². The van der Waals surface area contributed by atoms with Crippen LogP contribution in [-0.2, 0) is 16.1 Å². The summed E-state index contributed by atoms with van der Waals surface area (Å²) in [6.07, 6.45) is 2.17. The van der Waals surface area contributed by atoms with E-state index >= 15 is 0 Å². The van der Waals surface area contributed by atoms with Crippen molar-refractivity contribution in [3.8, 4) is 0 Å². The number of carbonyl (C=O) groups is 2. The highest BCUT2D eigenvalue weighted by atomic mass is 16.2. The Kier molecular flexibility index (Phi) is 5.59. The van der Waals surface area contributed by atoms with E-state index in [9.17, 15) is 9.59 Å². The van der Waals surface area contributed by atoms with Crippen molar-refractivity contribution in [2.75, 3.05) is 19.6 Å². The molecule has 0 bridgehead atoms. The molecule has 2 rings (SSSR count). The van der Waals surface area contributed by atoms with Crippen LogP contribution in [0.3, 0.4) is 0 Å². The summed E-state index contributed by atoms with van der Waals surface area (Å²) in [7, 11) is 0. The van der Waals surface area contributed by atoms with Crippen LogP contribution in [0.2, 0.25) is 0 Å². The fraction of sp³-hybridized carbons (Fsp3) is 0.615. The Morgan fingerprint density at radius 2 is 2.32 bits per heavy atom.